The standard InChI is InChI=1S/C12H17N3O2S/c1-8-5-9(2)14-12(11(8)6-13)15-10(3)7-18(4,16)17/h5,10H,7H2,1-4H3,(H,14,15). The van der Waals surface area contributed by atoms with E-state index in [0.717, 1.165) is 11.3 Å². The van der Waals surface area contributed by atoms with Crippen LogP contribution in [0, 0.1) is 25.2 Å². The van der Waals surface area contributed by atoms with Crippen LogP contribution in [0.2, 0.25) is 0 Å². The van der Waals surface area contributed by atoms with E-state index in [4.69, 9.17) is 5.26 Å². The monoisotopic (exact) mass is 267 g/mol. The minimum atomic E-state index is -3.06. The highest BCUT2D eigenvalue weighted by Gasteiger charge is 2.14. The second kappa shape index (κ2) is 5.36. The van der Waals surface area contributed by atoms with Gasteiger partial charge in [-0.15, -0.1) is 0 Å². The molecule has 1 atom stereocenters. The first-order valence-corrected chi connectivity index (χ1v) is 7.61. The van der Waals surface area contributed by atoms with Crippen molar-refractivity contribution >= 4 is 15.7 Å². The lowest BCUT2D eigenvalue weighted by molar-refractivity contribution is 0.598. The lowest BCUT2D eigenvalue weighted by Crippen LogP contribution is -2.26. The Morgan fingerprint density at radius 3 is 2.61 bits per heavy atom. The van der Waals surface area contributed by atoms with E-state index in [-0.39, 0.29) is 11.8 Å². The number of nitrogens with zero attached hydrogens (tertiary/aromatic N) is 2. The van der Waals surface area contributed by atoms with E-state index in [0.29, 0.717) is 11.4 Å². The molecule has 0 aliphatic heterocycles. The molecular formula is C12H17N3O2S. The summed E-state index contributed by atoms with van der Waals surface area (Å²) in [7, 11) is -3.06. The third kappa shape index (κ3) is 4.00. The number of nitriles is 1. The summed E-state index contributed by atoms with van der Waals surface area (Å²) >= 11 is 0. The molecular weight excluding hydrogens is 250 g/mol. The maximum absolute atomic E-state index is 11.2. The zero-order chi connectivity index (χ0) is 13.9. The van der Waals surface area contributed by atoms with Crippen LogP contribution in [0.1, 0.15) is 23.7 Å². The molecule has 0 bridgehead atoms. The summed E-state index contributed by atoms with van der Waals surface area (Å²) in [6, 6.07) is 3.62. The van der Waals surface area contributed by atoms with Gasteiger partial charge in [-0.3, -0.25) is 0 Å². The normalized spacial score (nSPS) is 12.8. The Kier molecular flexibility index (Phi) is 4.30. The quantitative estimate of drug-likeness (QED) is 0.892. The lowest BCUT2D eigenvalue weighted by atomic mass is 10.1. The first kappa shape index (κ1) is 14.5. The summed E-state index contributed by atoms with van der Waals surface area (Å²) in [4.78, 5) is 4.25. The fourth-order valence-electron chi connectivity index (χ4n) is 1.81. The molecule has 0 saturated carbocycles. The number of rotatable bonds is 4. The molecule has 98 valence electrons. The van der Waals surface area contributed by atoms with Gasteiger partial charge in [0.05, 0.1) is 11.3 Å². The van der Waals surface area contributed by atoms with Crippen molar-refractivity contribution in [3.8, 4) is 6.07 Å². The molecule has 0 aromatic carbocycles. The maximum atomic E-state index is 11.2. The van der Waals surface area contributed by atoms with Crippen LogP contribution in [0.15, 0.2) is 6.07 Å². The van der Waals surface area contributed by atoms with Crippen LogP contribution in [-0.4, -0.2) is 31.5 Å². The molecule has 1 N–H and O–H groups in total. The Labute approximate surface area is 108 Å². The molecule has 0 aliphatic carbocycles. The number of hydrogen-bond donors (Lipinski definition) is 1. The predicted molar refractivity (Wildman–Crippen MR) is 71.2 cm³/mol. The van der Waals surface area contributed by atoms with Gasteiger partial charge in [0.2, 0.25) is 0 Å². The van der Waals surface area contributed by atoms with Crippen LogP contribution < -0.4 is 5.32 Å². The number of anilines is 1. The first-order valence-electron chi connectivity index (χ1n) is 5.55. The van der Waals surface area contributed by atoms with Crippen molar-refractivity contribution in [1.82, 2.24) is 4.98 Å². The van der Waals surface area contributed by atoms with Gasteiger partial charge in [0.15, 0.2) is 0 Å². The minimum Gasteiger partial charge on any atom is -0.365 e. The number of aryl methyl sites for hydroxylation is 2. The summed E-state index contributed by atoms with van der Waals surface area (Å²) in [6.07, 6.45) is 1.19. The molecule has 0 aliphatic rings. The Morgan fingerprint density at radius 2 is 2.11 bits per heavy atom. The number of hydrogen-bond acceptors (Lipinski definition) is 5. The highest BCUT2D eigenvalue weighted by molar-refractivity contribution is 7.90. The second-order valence-corrected chi connectivity index (χ2v) is 6.74. The van der Waals surface area contributed by atoms with Crippen molar-refractivity contribution in [2.45, 2.75) is 26.8 Å². The van der Waals surface area contributed by atoms with Crippen molar-refractivity contribution in [2.24, 2.45) is 0 Å². The minimum absolute atomic E-state index is 0.00649. The van der Waals surface area contributed by atoms with E-state index >= 15 is 0 Å². The van der Waals surface area contributed by atoms with Gasteiger partial charge in [0, 0.05) is 18.0 Å². The molecule has 0 amide bonds. The average Bonchev–Trinajstić information content (AvgIpc) is 2.13. The zero-order valence-corrected chi connectivity index (χ0v) is 11.8. The fraction of sp³-hybridized carbons (Fsp3) is 0.500. The largest absolute Gasteiger partial charge is 0.365 e. The molecule has 1 unspecified atom stereocenters. The second-order valence-electron chi connectivity index (χ2n) is 4.55. The van der Waals surface area contributed by atoms with Gasteiger partial charge in [0.25, 0.3) is 0 Å². The Bertz CT molecular complexity index is 588. The highest BCUT2D eigenvalue weighted by Crippen LogP contribution is 2.18. The first-order chi connectivity index (χ1) is 8.23. The van der Waals surface area contributed by atoms with Crippen molar-refractivity contribution in [3.05, 3.63) is 22.9 Å². The molecule has 1 rings (SSSR count). The smallest absolute Gasteiger partial charge is 0.149 e. The fourth-order valence-corrected chi connectivity index (χ4v) is 2.80. The average molecular weight is 267 g/mol. The van der Waals surface area contributed by atoms with Gasteiger partial charge in [0.1, 0.15) is 21.7 Å². The SMILES string of the molecule is Cc1cc(C)c(C#N)c(NC(C)CS(C)(=O)=O)n1. The van der Waals surface area contributed by atoms with Crippen LogP contribution >= 0.6 is 0 Å². The summed E-state index contributed by atoms with van der Waals surface area (Å²) < 4.78 is 22.4. The van der Waals surface area contributed by atoms with Crippen LogP contribution in [-0.2, 0) is 9.84 Å². The van der Waals surface area contributed by atoms with Gasteiger partial charge in [-0.1, -0.05) is 0 Å². The van der Waals surface area contributed by atoms with Crippen molar-refractivity contribution in [2.75, 3.05) is 17.3 Å². The van der Waals surface area contributed by atoms with Crippen LogP contribution in [0.4, 0.5) is 5.82 Å². The van der Waals surface area contributed by atoms with Crippen molar-refractivity contribution in [1.29, 1.82) is 5.26 Å². The van der Waals surface area contributed by atoms with Crippen LogP contribution in [0.3, 0.4) is 0 Å². The third-order valence-electron chi connectivity index (χ3n) is 2.39. The Balaban J connectivity index is 3.01. The van der Waals surface area contributed by atoms with Gasteiger partial charge >= 0.3 is 0 Å². The van der Waals surface area contributed by atoms with Crippen molar-refractivity contribution in [3.63, 3.8) is 0 Å². The van der Waals surface area contributed by atoms with Gasteiger partial charge in [-0.2, -0.15) is 5.26 Å². The molecule has 1 aromatic rings. The van der Waals surface area contributed by atoms with Gasteiger partial charge in [-0.05, 0) is 32.4 Å². The highest BCUT2D eigenvalue weighted by atomic mass is 32.2. The molecule has 0 fully saturated rings. The molecule has 0 saturated heterocycles. The van der Waals surface area contributed by atoms with E-state index in [1.54, 1.807) is 6.92 Å². The van der Waals surface area contributed by atoms with Crippen LogP contribution in [0.25, 0.3) is 0 Å². The van der Waals surface area contributed by atoms with E-state index < -0.39 is 9.84 Å². The maximum Gasteiger partial charge on any atom is 0.149 e. The predicted octanol–water partition coefficient (Wildman–Crippen LogP) is 1.42. The molecule has 1 heterocycles. The lowest BCUT2D eigenvalue weighted by Gasteiger charge is -2.15. The van der Waals surface area contributed by atoms with E-state index in [2.05, 4.69) is 16.4 Å². The number of nitrogens with one attached hydrogen (secondary N) is 1. The molecule has 0 radical (unpaired) electrons. The summed E-state index contributed by atoms with van der Waals surface area (Å²) in [5.41, 5.74) is 2.08. The molecule has 18 heavy (non-hydrogen) atoms. The number of sulfone groups is 1. The number of pyridine rings is 1. The molecule has 6 heteroatoms. The summed E-state index contributed by atoms with van der Waals surface area (Å²) in [5, 5.41) is 12.1. The Morgan fingerprint density at radius 1 is 1.50 bits per heavy atom. The summed E-state index contributed by atoms with van der Waals surface area (Å²) in [5.74, 6) is 0.457. The van der Waals surface area contributed by atoms with E-state index in [1.165, 1.54) is 6.26 Å². The van der Waals surface area contributed by atoms with E-state index in [9.17, 15) is 8.42 Å². The van der Waals surface area contributed by atoms with E-state index in [1.807, 2.05) is 19.9 Å². The topological polar surface area (TPSA) is 82.9 Å². The van der Waals surface area contributed by atoms with Crippen LogP contribution in [0.5, 0.6) is 0 Å². The summed E-state index contributed by atoms with van der Waals surface area (Å²) in [6.45, 7) is 5.42. The molecule has 1 aromatic heterocycles. The molecule has 0 spiro atoms. The number of aromatic nitrogens is 1. The zero-order valence-electron chi connectivity index (χ0n) is 11.0. The van der Waals surface area contributed by atoms with Gasteiger partial charge in [-0.25, -0.2) is 13.4 Å². The van der Waals surface area contributed by atoms with Gasteiger partial charge < -0.3 is 5.32 Å². The molecule has 5 nitrogen and oxygen atoms in total. The third-order valence-corrected chi connectivity index (χ3v) is 3.50. The Hall–Kier alpha value is -1.61. The van der Waals surface area contributed by atoms with Crippen molar-refractivity contribution < 1.29 is 8.42 Å².